The first-order valence-electron chi connectivity index (χ1n) is 6.50. The van der Waals surface area contributed by atoms with Crippen LogP contribution in [0.5, 0.6) is 0 Å². The smallest absolute Gasteiger partial charge is 0.140 e. The third-order valence-electron chi connectivity index (χ3n) is 3.14. The van der Waals surface area contributed by atoms with Crippen LogP contribution in [0.3, 0.4) is 0 Å². The number of halogens is 1. The van der Waals surface area contributed by atoms with Crippen LogP contribution in [0.1, 0.15) is 22.4 Å². The fourth-order valence-electron chi connectivity index (χ4n) is 2.04. The zero-order valence-corrected chi connectivity index (χ0v) is 11.4. The molecule has 3 nitrogen and oxygen atoms in total. The summed E-state index contributed by atoms with van der Waals surface area (Å²) in [4.78, 5) is 3.93. The molecule has 0 spiro atoms. The maximum atomic E-state index is 13.0. The standard InChI is InChI=1S/C16H16FN3/c1-12-8-15(17)3-2-14(12)5-6-19-11-13-4-7-20-16(9-13)10-18/h2-4,7-9,19H,5-6,11H2,1H3. The lowest BCUT2D eigenvalue weighted by Gasteiger charge is -2.07. The summed E-state index contributed by atoms with van der Waals surface area (Å²) >= 11 is 0. The molecule has 0 amide bonds. The summed E-state index contributed by atoms with van der Waals surface area (Å²) in [6.45, 7) is 3.41. The third kappa shape index (κ3) is 3.87. The summed E-state index contributed by atoms with van der Waals surface area (Å²) < 4.78 is 13.0. The molecule has 0 aliphatic rings. The second-order valence-electron chi connectivity index (χ2n) is 4.66. The first kappa shape index (κ1) is 14.2. The molecule has 0 saturated carbocycles. The van der Waals surface area contributed by atoms with E-state index in [2.05, 4.69) is 10.3 Å². The number of nitriles is 1. The molecule has 0 radical (unpaired) electrons. The van der Waals surface area contributed by atoms with Gasteiger partial charge < -0.3 is 5.32 Å². The Kier molecular flexibility index (Phi) is 4.80. The molecule has 2 aromatic rings. The molecule has 20 heavy (non-hydrogen) atoms. The predicted molar refractivity (Wildman–Crippen MR) is 75.5 cm³/mol. The molecule has 0 atom stereocenters. The van der Waals surface area contributed by atoms with E-state index in [1.165, 1.54) is 6.07 Å². The van der Waals surface area contributed by atoms with Crippen molar-refractivity contribution in [1.82, 2.24) is 10.3 Å². The van der Waals surface area contributed by atoms with E-state index in [-0.39, 0.29) is 5.82 Å². The van der Waals surface area contributed by atoms with Crippen LogP contribution in [0.25, 0.3) is 0 Å². The van der Waals surface area contributed by atoms with E-state index >= 15 is 0 Å². The fraction of sp³-hybridized carbons (Fsp3) is 0.250. The molecule has 1 N–H and O–H groups in total. The number of aryl methyl sites for hydroxylation is 1. The number of hydrogen-bond donors (Lipinski definition) is 1. The number of pyridine rings is 1. The zero-order chi connectivity index (χ0) is 14.4. The van der Waals surface area contributed by atoms with Crippen LogP contribution in [-0.2, 0) is 13.0 Å². The lowest BCUT2D eigenvalue weighted by molar-refractivity contribution is 0.624. The van der Waals surface area contributed by atoms with Crippen molar-refractivity contribution in [2.75, 3.05) is 6.54 Å². The Hall–Kier alpha value is -2.25. The van der Waals surface area contributed by atoms with Gasteiger partial charge in [0.2, 0.25) is 0 Å². The minimum Gasteiger partial charge on any atom is -0.312 e. The molecular weight excluding hydrogens is 253 g/mol. The van der Waals surface area contributed by atoms with Gasteiger partial charge in [-0.15, -0.1) is 0 Å². The molecule has 2 rings (SSSR count). The SMILES string of the molecule is Cc1cc(F)ccc1CCNCc1ccnc(C#N)c1. The highest BCUT2D eigenvalue weighted by molar-refractivity contribution is 5.27. The molecule has 0 saturated heterocycles. The Bertz CT molecular complexity index is 632. The predicted octanol–water partition coefficient (Wildman–Crippen LogP) is 2.73. The number of hydrogen-bond acceptors (Lipinski definition) is 3. The minimum absolute atomic E-state index is 0.194. The second-order valence-corrected chi connectivity index (χ2v) is 4.66. The molecule has 1 aromatic heterocycles. The van der Waals surface area contributed by atoms with Crippen LogP contribution < -0.4 is 5.32 Å². The molecule has 0 fully saturated rings. The summed E-state index contributed by atoms with van der Waals surface area (Å²) in [5.41, 5.74) is 3.58. The molecule has 0 aliphatic carbocycles. The van der Waals surface area contributed by atoms with Crippen molar-refractivity contribution in [2.45, 2.75) is 19.9 Å². The van der Waals surface area contributed by atoms with Gasteiger partial charge in [0.25, 0.3) is 0 Å². The van der Waals surface area contributed by atoms with Gasteiger partial charge in [0.15, 0.2) is 0 Å². The Morgan fingerprint density at radius 1 is 1.30 bits per heavy atom. The quantitative estimate of drug-likeness (QED) is 0.849. The van der Waals surface area contributed by atoms with Crippen molar-refractivity contribution >= 4 is 0 Å². The van der Waals surface area contributed by atoms with Crippen molar-refractivity contribution in [3.05, 3.63) is 64.7 Å². The molecular formula is C16H16FN3. The van der Waals surface area contributed by atoms with Gasteiger partial charge in [0.1, 0.15) is 17.6 Å². The average molecular weight is 269 g/mol. The average Bonchev–Trinajstić information content (AvgIpc) is 2.45. The molecule has 1 aromatic carbocycles. The highest BCUT2D eigenvalue weighted by Gasteiger charge is 2.00. The third-order valence-corrected chi connectivity index (χ3v) is 3.14. The van der Waals surface area contributed by atoms with Gasteiger partial charge in [-0.2, -0.15) is 5.26 Å². The summed E-state index contributed by atoms with van der Waals surface area (Å²) in [5.74, 6) is -0.194. The molecule has 102 valence electrons. The fourth-order valence-corrected chi connectivity index (χ4v) is 2.04. The van der Waals surface area contributed by atoms with Crippen LogP contribution in [-0.4, -0.2) is 11.5 Å². The number of rotatable bonds is 5. The molecule has 4 heteroatoms. The second kappa shape index (κ2) is 6.78. The topological polar surface area (TPSA) is 48.7 Å². The first-order valence-corrected chi connectivity index (χ1v) is 6.50. The Labute approximate surface area is 118 Å². The maximum absolute atomic E-state index is 13.0. The number of nitrogens with zero attached hydrogens (tertiary/aromatic N) is 2. The summed E-state index contributed by atoms with van der Waals surface area (Å²) in [7, 11) is 0. The Balaban J connectivity index is 1.83. The van der Waals surface area contributed by atoms with Crippen molar-refractivity contribution < 1.29 is 4.39 Å². The van der Waals surface area contributed by atoms with Crippen LogP contribution in [0.15, 0.2) is 36.5 Å². The molecule has 0 bridgehead atoms. The normalized spacial score (nSPS) is 10.2. The number of nitrogens with one attached hydrogen (secondary N) is 1. The lowest BCUT2D eigenvalue weighted by atomic mass is 10.1. The van der Waals surface area contributed by atoms with Crippen molar-refractivity contribution in [3.8, 4) is 6.07 Å². The highest BCUT2D eigenvalue weighted by Crippen LogP contribution is 2.10. The van der Waals surface area contributed by atoms with Gasteiger partial charge in [-0.25, -0.2) is 9.37 Å². The van der Waals surface area contributed by atoms with E-state index in [9.17, 15) is 4.39 Å². The van der Waals surface area contributed by atoms with Crippen molar-refractivity contribution in [3.63, 3.8) is 0 Å². The Morgan fingerprint density at radius 3 is 2.90 bits per heavy atom. The number of benzene rings is 1. The van der Waals surface area contributed by atoms with E-state index in [1.54, 1.807) is 18.3 Å². The van der Waals surface area contributed by atoms with Gasteiger partial charge >= 0.3 is 0 Å². The largest absolute Gasteiger partial charge is 0.312 e. The minimum atomic E-state index is -0.194. The molecule has 0 unspecified atom stereocenters. The van der Waals surface area contributed by atoms with Gasteiger partial charge in [-0.05, 0) is 60.8 Å². The van der Waals surface area contributed by atoms with E-state index in [0.717, 1.165) is 29.7 Å². The van der Waals surface area contributed by atoms with E-state index in [0.29, 0.717) is 12.2 Å². The number of aromatic nitrogens is 1. The summed E-state index contributed by atoms with van der Waals surface area (Å²) in [6.07, 6.45) is 2.49. The highest BCUT2D eigenvalue weighted by atomic mass is 19.1. The molecule has 0 aliphatic heterocycles. The van der Waals surface area contributed by atoms with E-state index in [4.69, 9.17) is 5.26 Å². The van der Waals surface area contributed by atoms with E-state index < -0.39 is 0 Å². The van der Waals surface area contributed by atoms with Crippen molar-refractivity contribution in [1.29, 1.82) is 5.26 Å². The van der Waals surface area contributed by atoms with Crippen LogP contribution >= 0.6 is 0 Å². The van der Waals surface area contributed by atoms with Crippen LogP contribution in [0.2, 0.25) is 0 Å². The monoisotopic (exact) mass is 269 g/mol. The first-order chi connectivity index (χ1) is 9.69. The Morgan fingerprint density at radius 2 is 2.15 bits per heavy atom. The van der Waals surface area contributed by atoms with Crippen LogP contribution in [0.4, 0.5) is 4.39 Å². The van der Waals surface area contributed by atoms with Gasteiger partial charge in [0, 0.05) is 12.7 Å². The lowest BCUT2D eigenvalue weighted by Crippen LogP contribution is -2.17. The van der Waals surface area contributed by atoms with Gasteiger partial charge in [-0.1, -0.05) is 6.07 Å². The van der Waals surface area contributed by atoms with Gasteiger partial charge in [-0.3, -0.25) is 0 Å². The summed E-state index contributed by atoms with van der Waals surface area (Å²) in [5, 5.41) is 12.1. The maximum Gasteiger partial charge on any atom is 0.140 e. The summed E-state index contributed by atoms with van der Waals surface area (Å²) in [6, 6.07) is 10.6. The molecule has 1 heterocycles. The van der Waals surface area contributed by atoms with Crippen molar-refractivity contribution in [2.24, 2.45) is 0 Å². The van der Waals surface area contributed by atoms with E-state index in [1.807, 2.05) is 25.1 Å². The zero-order valence-electron chi connectivity index (χ0n) is 11.4. The van der Waals surface area contributed by atoms with Crippen LogP contribution in [0, 0.1) is 24.1 Å². The van der Waals surface area contributed by atoms with Gasteiger partial charge in [0.05, 0.1) is 0 Å².